The normalized spacial score (nSPS) is 17.1. The minimum absolute atomic E-state index is 0.452. The molecule has 0 amide bonds. The third kappa shape index (κ3) is 4.33. The highest BCUT2D eigenvalue weighted by Gasteiger charge is 2.20. The highest BCUT2D eigenvalue weighted by molar-refractivity contribution is 6.30. The van der Waals surface area contributed by atoms with Gasteiger partial charge in [0.05, 0.1) is 0 Å². The van der Waals surface area contributed by atoms with Crippen LogP contribution in [0.5, 0.6) is 0 Å². The third-order valence-electron chi connectivity index (χ3n) is 3.54. The van der Waals surface area contributed by atoms with Crippen LogP contribution in [0.15, 0.2) is 24.3 Å². The van der Waals surface area contributed by atoms with Crippen LogP contribution in [-0.2, 0) is 0 Å². The Bertz CT molecular complexity index is 347. The predicted octanol–water partition coefficient (Wildman–Crippen LogP) is 4.57. The van der Waals surface area contributed by atoms with Gasteiger partial charge in [0.15, 0.2) is 0 Å². The van der Waals surface area contributed by atoms with Crippen molar-refractivity contribution in [3.8, 4) is 0 Å². The Labute approximate surface area is 110 Å². The molecule has 1 aliphatic carbocycles. The summed E-state index contributed by atoms with van der Waals surface area (Å²) in [5.74, 6) is 1.04. The molecule has 0 spiro atoms. The molecule has 1 aliphatic rings. The zero-order valence-electron chi connectivity index (χ0n) is 10.6. The van der Waals surface area contributed by atoms with Crippen molar-refractivity contribution in [1.29, 1.82) is 0 Å². The Morgan fingerprint density at radius 2 is 2.24 bits per heavy atom. The molecule has 1 atom stereocenters. The first kappa shape index (κ1) is 12.9. The zero-order valence-corrected chi connectivity index (χ0v) is 11.3. The summed E-state index contributed by atoms with van der Waals surface area (Å²) in [5, 5.41) is 4.47. The van der Waals surface area contributed by atoms with Gasteiger partial charge in [-0.15, -0.1) is 0 Å². The third-order valence-corrected chi connectivity index (χ3v) is 3.77. The van der Waals surface area contributed by atoms with Crippen molar-refractivity contribution >= 4 is 11.6 Å². The van der Waals surface area contributed by atoms with E-state index in [1.54, 1.807) is 0 Å². The molecule has 1 N–H and O–H groups in total. The van der Waals surface area contributed by atoms with E-state index in [-0.39, 0.29) is 0 Å². The lowest BCUT2D eigenvalue weighted by atomic mass is 10.0. The molecule has 1 aromatic rings. The first-order valence-corrected chi connectivity index (χ1v) is 7.16. The van der Waals surface area contributed by atoms with Crippen molar-refractivity contribution < 1.29 is 0 Å². The zero-order chi connectivity index (χ0) is 12.1. The second kappa shape index (κ2) is 6.42. The van der Waals surface area contributed by atoms with E-state index in [4.69, 9.17) is 11.6 Å². The maximum absolute atomic E-state index is 6.03. The van der Waals surface area contributed by atoms with E-state index < -0.39 is 0 Å². The van der Waals surface area contributed by atoms with Crippen molar-refractivity contribution in [3.63, 3.8) is 0 Å². The highest BCUT2D eigenvalue weighted by atomic mass is 35.5. The fourth-order valence-electron chi connectivity index (χ4n) is 2.29. The molecular weight excluding hydrogens is 230 g/mol. The lowest BCUT2D eigenvalue weighted by molar-refractivity contribution is 0.495. The molecule has 0 radical (unpaired) electrons. The number of halogens is 1. The maximum Gasteiger partial charge on any atom is 0.0409 e. The number of nitrogens with one attached hydrogen (secondary N) is 1. The SMILES string of the molecule is CCC(NCCCC1CC1)c1cccc(Cl)c1. The standard InChI is InChI=1S/C15H22ClN/c1-2-15(13-6-3-7-14(16)11-13)17-10-4-5-12-8-9-12/h3,6-7,11-12,15,17H,2,4-5,8-10H2,1H3. The molecule has 1 fully saturated rings. The summed E-state index contributed by atoms with van der Waals surface area (Å²) >= 11 is 6.03. The molecule has 0 aliphatic heterocycles. The number of hydrogen-bond acceptors (Lipinski definition) is 1. The molecule has 94 valence electrons. The van der Waals surface area contributed by atoms with Crippen LogP contribution in [-0.4, -0.2) is 6.54 Å². The van der Waals surface area contributed by atoms with Crippen LogP contribution in [0.4, 0.5) is 0 Å². The van der Waals surface area contributed by atoms with Crippen LogP contribution in [0.25, 0.3) is 0 Å². The Balaban J connectivity index is 1.78. The monoisotopic (exact) mass is 251 g/mol. The van der Waals surface area contributed by atoms with E-state index in [0.717, 1.165) is 23.9 Å². The van der Waals surface area contributed by atoms with Crippen LogP contribution >= 0.6 is 11.6 Å². The number of benzene rings is 1. The molecule has 1 aromatic carbocycles. The first-order valence-electron chi connectivity index (χ1n) is 6.78. The molecule has 17 heavy (non-hydrogen) atoms. The van der Waals surface area contributed by atoms with Gasteiger partial charge >= 0.3 is 0 Å². The summed E-state index contributed by atoms with van der Waals surface area (Å²) in [6.45, 7) is 3.35. The summed E-state index contributed by atoms with van der Waals surface area (Å²) in [5.41, 5.74) is 1.31. The van der Waals surface area contributed by atoms with E-state index in [1.807, 2.05) is 12.1 Å². The molecule has 2 heteroatoms. The fourth-order valence-corrected chi connectivity index (χ4v) is 2.49. The molecule has 2 rings (SSSR count). The predicted molar refractivity (Wildman–Crippen MR) is 74.4 cm³/mol. The summed E-state index contributed by atoms with van der Waals surface area (Å²) in [7, 11) is 0. The van der Waals surface area contributed by atoms with Gasteiger partial charge < -0.3 is 5.32 Å². The number of rotatable bonds is 7. The van der Waals surface area contributed by atoms with Crippen LogP contribution in [0.3, 0.4) is 0 Å². The molecule has 0 bridgehead atoms. The summed E-state index contributed by atoms with van der Waals surface area (Å²) in [4.78, 5) is 0. The Morgan fingerprint density at radius 1 is 1.41 bits per heavy atom. The first-order chi connectivity index (χ1) is 8.29. The lowest BCUT2D eigenvalue weighted by Crippen LogP contribution is -2.21. The second-order valence-electron chi connectivity index (χ2n) is 5.06. The van der Waals surface area contributed by atoms with E-state index >= 15 is 0 Å². The lowest BCUT2D eigenvalue weighted by Gasteiger charge is -2.17. The van der Waals surface area contributed by atoms with Crippen molar-refractivity contribution in [2.75, 3.05) is 6.54 Å². The average Bonchev–Trinajstić information content (AvgIpc) is 3.13. The van der Waals surface area contributed by atoms with Crippen LogP contribution in [0.1, 0.15) is 50.6 Å². The largest absolute Gasteiger partial charge is 0.310 e. The van der Waals surface area contributed by atoms with Gasteiger partial charge in [-0.1, -0.05) is 43.5 Å². The molecule has 0 saturated heterocycles. The van der Waals surface area contributed by atoms with Gasteiger partial charge in [0.2, 0.25) is 0 Å². The van der Waals surface area contributed by atoms with E-state index in [1.165, 1.54) is 31.2 Å². The van der Waals surface area contributed by atoms with Crippen LogP contribution in [0, 0.1) is 5.92 Å². The Hall–Kier alpha value is -0.530. The van der Waals surface area contributed by atoms with Gasteiger partial charge in [0.1, 0.15) is 0 Å². The van der Waals surface area contributed by atoms with E-state index in [0.29, 0.717) is 6.04 Å². The summed E-state index contributed by atoms with van der Waals surface area (Å²) in [6, 6.07) is 8.65. The van der Waals surface area contributed by atoms with Crippen molar-refractivity contribution in [3.05, 3.63) is 34.9 Å². The van der Waals surface area contributed by atoms with Gasteiger partial charge in [0, 0.05) is 11.1 Å². The van der Waals surface area contributed by atoms with E-state index in [9.17, 15) is 0 Å². The fraction of sp³-hybridized carbons (Fsp3) is 0.600. The maximum atomic E-state index is 6.03. The number of hydrogen-bond donors (Lipinski definition) is 1. The van der Waals surface area contributed by atoms with E-state index in [2.05, 4.69) is 24.4 Å². The molecule has 1 nitrogen and oxygen atoms in total. The molecule has 1 saturated carbocycles. The Kier molecular flexibility index (Phi) is 4.87. The van der Waals surface area contributed by atoms with Gasteiger partial charge in [-0.05, 0) is 49.4 Å². The van der Waals surface area contributed by atoms with Gasteiger partial charge in [0.25, 0.3) is 0 Å². The minimum Gasteiger partial charge on any atom is -0.310 e. The minimum atomic E-state index is 0.452. The van der Waals surface area contributed by atoms with Crippen LogP contribution in [0.2, 0.25) is 5.02 Å². The average molecular weight is 252 g/mol. The quantitative estimate of drug-likeness (QED) is 0.700. The molecular formula is C15H22ClN. The molecule has 0 aromatic heterocycles. The topological polar surface area (TPSA) is 12.0 Å². The van der Waals surface area contributed by atoms with Crippen LogP contribution < -0.4 is 5.32 Å². The summed E-state index contributed by atoms with van der Waals surface area (Å²) < 4.78 is 0. The van der Waals surface area contributed by atoms with Crippen molar-refractivity contribution in [1.82, 2.24) is 5.32 Å². The highest BCUT2D eigenvalue weighted by Crippen LogP contribution is 2.33. The van der Waals surface area contributed by atoms with Gasteiger partial charge in [-0.2, -0.15) is 0 Å². The van der Waals surface area contributed by atoms with Gasteiger partial charge in [-0.25, -0.2) is 0 Å². The Morgan fingerprint density at radius 3 is 2.88 bits per heavy atom. The molecule has 1 unspecified atom stereocenters. The van der Waals surface area contributed by atoms with Crippen molar-refractivity contribution in [2.24, 2.45) is 5.92 Å². The second-order valence-corrected chi connectivity index (χ2v) is 5.49. The smallest absolute Gasteiger partial charge is 0.0409 e. The summed E-state index contributed by atoms with van der Waals surface area (Å²) in [6.07, 6.45) is 6.75. The van der Waals surface area contributed by atoms with Crippen molar-refractivity contribution in [2.45, 2.75) is 45.1 Å². The van der Waals surface area contributed by atoms with Gasteiger partial charge in [-0.3, -0.25) is 0 Å². The molecule has 0 heterocycles.